The van der Waals surface area contributed by atoms with Crippen molar-refractivity contribution in [3.8, 4) is 0 Å². The quantitative estimate of drug-likeness (QED) is 0.0359. The Morgan fingerprint density at radius 1 is 0.593 bits per heavy atom. The number of ketones is 1. The van der Waals surface area contributed by atoms with Crippen molar-refractivity contribution in [1.29, 1.82) is 0 Å². The molecule has 59 heavy (non-hydrogen) atoms. The van der Waals surface area contributed by atoms with Gasteiger partial charge in [0.15, 0.2) is 31.2 Å². The zero-order valence-corrected chi connectivity index (χ0v) is 32.4. The average molecular weight is 847 g/mol. The van der Waals surface area contributed by atoms with Gasteiger partial charge < -0.3 is 38.7 Å². The number of carbonyl (C=O) groups is 7. The number of hydrogen-bond donors (Lipinski definition) is 1. The fourth-order valence-corrected chi connectivity index (χ4v) is 4.53. The summed E-state index contributed by atoms with van der Waals surface area (Å²) in [5.74, 6) is -6.40. The number of benzene rings is 1. The SMILES string of the molecule is CC(OC(=O)C(C)O[N+](=O)[O-])C(=O)Cc1ccc(CC(NC(=O)COC(=O)CO[N+](=O)[O-])C(=O)OC(C)C(=O)OCCCCCC(=O)OCCCCCO[N+](=O)[O-])cc1. The normalized spacial score (nSPS) is 12.5. The van der Waals surface area contributed by atoms with Gasteiger partial charge in [-0.1, -0.05) is 24.3 Å². The molecule has 0 saturated heterocycles. The maximum absolute atomic E-state index is 13.2. The largest absolute Gasteiger partial charge is 0.466 e. The molecular weight excluding hydrogens is 800 g/mol. The summed E-state index contributed by atoms with van der Waals surface area (Å²) in [6.45, 7) is 1.56. The number of ether oxygens (including phenoxy) is 5. The van der Waals surface area contributed by atoms with Crippen molar-refractivity contribution in [3.63, 3.8) is 0 Å². The van der Waals surface area contributed by atoms with Crippen LogP contribution in [0.5, 0.6) is 0 Å². The number of carbonyl (C=O) groups excluding carboxylic acids is 7. The lowest BCUT2D eigenvalue weighted by Gasteiger charge is -2.20. The average Bonchev–Trinajstić information content (AvgIpc) is 3.16. The first-order chi connectivity index (χ1) is 27.9. The molecule has 4 unspecified atom stereocenters. The van der Waals surface area contributed by atoms with E-state index in [1.807, 2.05) is 0 Å². The number of rotatable bonds is 31. The number of esters is 5. The Kier molecular flexibility index (Phi) is 23.7. The lowest BCUT2D eigenvalue weighted by atomic mass is 10.0. The first-order valence-corrected chi connectivity index (χ1v) is 18.0. The van der Waals surface area contributed by atoms with E-state index < -0.39 is 94.4 Å². The molecule has 0 bridgehead atoms. The molecule has 0 aromatic heterocycles. The van der Waals surface area contributed by atoms with E-state index in [0.29, 0.717) is 49.7 Å². The number of nitrogens with zero attached hydrogens (tertiary/aromatic N) is 3. The van der Waals surface area contributed by atoms with E-state index >= 15 is 0 Å². The summed E-state index contributed by atoms with van der Waals surface area (Å²) < 4.78 is 25.0. The Balaban J connectivity index is 2.72. The molecular formula is C34H46N4O21. The van der Waals surface area contributed by atoms with E-state index in [1.54, 1.807) is 0 Å². The lowest BCUT2D eigenvalue weighted by Crippen LogP contribution is -2.46. The molecule has 1 rings (SSSR count). The molecule has 0 fully saturated rings. The summed E-state index contributed by atoms with van der Waals surface area (Å²) in [5.41, 5.74) is 0.844. The Hall–Kier alpha value is -6.69. The summed E-state index contributed by atoms with van der Waals surface area (Å²) in [5, 5.41) is 29.8. The van der Waals surface area contributed by atoms with Crippen LogP contribution in [0.3, 0.4) is 0 Å². The van der Waals surface area contributed by atoms with Gasteiger partial charge in [0.1, 0.15) is 6.04 Å². The van der Waals surface area contributed by atoms with Crippen LogP contribution in [0.2, 0.25) is 0 Å². The number of nitrogens with one attached hydrogen (secondary N) is 1. The standard InChI is InChI=1S/C34H46N4O21/c1-22(57-33(44)24(3)59-38(50)51)28(39)19-26-13-11-25(12-14-26)18-27(35-29(40)20-54-31(42)21-56-37(48)49)34(45)58-23(2)32(43)53-16-7-4-6-10-30(41)52-15-8-5-9-17-55-36(46)47/h11-14,22-24,27H,4-10,15-21H2,1-3H3,(H,35,40). The molecule has 0 spiro atoms. The second-order valence-electron chi connectivity index (χ2n) is 12.4. The van der Waals surface area contributed by atoms with Crippen LogP contribution in [-0.2, 0) is 84.6 Å². The van der Waals surface area contributed by atoms with E-state index in [4.69, 9.17) is 18.9 Å². The van der Waals surface area contributed by atoms with Gasteiger partial charge in [0.25, 0.3) is 21.2 Å². The van der Waals surface area contributed by atoms with Crippen molar-refractivity contribution >= 4 is 41.5 Å². The van der Waals surface area contributed by atoms with Crippen LogP contribution < -0.4 is 5.32 Å². The molecule has 1 aromatic rings. The second-order valence-corrected chi connectivity index (χ2v) is 12.4. The van der Waals surface area contributed by atoms with Crippen LogP contribution in [0.15, 0.2) is 24.3 Å². The highest BCUT2D eigenvalue weighted by Crippen LogP contribution is 2.13. The fraction of sp³-hybridized carbons (Fsp3) is 0.618. The van der Waals surface area contributed by atoms with Crippen LogP contribution in [-0.4, -0.2) is 114 Å². The molecule has 0 aliphatic carbocycles. The minimum atomic E-state index is -1.56. The molecule has 0 radical (unpaired) electrons. The van der Waals surface area contributed by atoms with E-state index in [0.717, 1.165) is 6.92 Å². The monoisotopic (exact) mass is 846 g/mol. The maximum atomic E-state index is 13.2. The molecule has 25 heteroatoms. The topological polar surface area (TPSA) is 335 Å². The molecule has 0 saturated carbocycles. The lowest BCUT2D eigenvalue weighted by molar-refractivity contribution is -0.764. The van der Waals surface area contributed by atoms with Gasteiger partial charge in [-0.3, -0.25) is 19.2 Å². The third-order valence-corrected chi connectivity index (χ3v) is 7.58. The molecule has 0 aliphatic rings. The minimum Gasteiger partial charge on any atom is -0.466 e. The van der Waals surface area contributed by atoms with Gasteiger partial charge in [0.2, 0.25) is 6.10 Å². The summed E-state index contributed by atoms with van der Waals surface area (Å²) in [6, 6.07) is 4.49. The van der Waals surface area contributed by atoms with Crippen molar-refractivity contribution in [3.05, 3.63) is 65.7 Å². The third kappa shape index (κ3) is 23.9. The predicted molar refractivity (Wildman–Crippen MR) is 191 cm³/mol. The maximum Gasteiger partial charge on any atom is 0.347 e. The van der Waals surface area contributed by atoms with E-state index in [-0.39, 0.29) is 39.1 Å². The molecule has 0 heterocycles. The first-order valence-electron chi connectivity index (χ1n) is 18.0. The Morgan fingerprint density at radius 3 is 1.80 bits per heavy atom. The van der Waals surface area contributed by atoms with Crippen molar-refractivity contribution in [1.82, 2.24) is 5.32 Å². The number of unbranched alkanes of at least 4 members (excludes halogenated alkanes) is 4. The van der Waals surface area contributed by atoms with Gasteiger partial charge >= 0.3 is 29.8 Å². The van der Waals surface area contributed by atoms with Crippen LogP contribution in [0.4, 0.5) is 0 Å². The van der Waals surface area contributed by atoms with E-state index in [1.165, 1.54) is 38.1 Å². The Morgan fingerprint density at radius 2 is 1.17 bits per heavy atom. The van der Waals surface area contributed by atoms with Gasteiger partial charge in [0, 0.05) is 19.3 Å². The first kappa shape index (κ1) is 50.3. The highest BCUT2D eigenvalue weighted by atomic mass is 17.0. The molecule has 25 nitrogen and oxygen atoms in total. The summed E-state index contributed by atoms with van der Waals surface area (Å²) in [4.78, 5) is 129. The molecule has 4 atom stereocenters. The third-order valence-electron chi connectivity index (χ3n) is 7.58. The summed E-state index contributed by atoms with van der Waals surface area (Å²) >= 11 is 0. The highest BCUT2D eigenvalue weighted by molar-refractivity contribution is 5.88. The van der Waals surface area contributed by atoms with Gasteiger partial charge in [-0.05, 0) is 70.4 Å². The van der Waals surface area contributed by atoms with Crippen LogP contribution in [0.1, 0.15) is 76.8 Å². The van der Waals surface area contributed by atoms with Gasteiger partial charge in [-0.2, -0.15) is 0 Å². The Labute approximate surface area is 335 Å². The highest BCUT2D eigenvalue weighted by Gasteiger charge is 2.29. The fourth-order valence-electron chi connectivity index (χ4n) is 4.53. The predicted octanol–water partition coefficient (Wildman–Crippen LogP) is 1.06. The molecule has 1 N–H and O–H groups in total. The van der Waals surface area contributed by atoms with Crippen molar-refractivity contribution in [2.45, 2.75) is 103 Å². The van der Waals surface area contributed by atoms with Crippen molar-refractivity contribution in [2.75, 3.05) is 33.0 Å². The molecule has 0 aliphatic heterocycles. The van der Waals surface area contributed by atoms with E-state index in [2.05, 4.69) is 24.6 Å². The molecule has 1 aromatic carbocycles. The van der Waals surface area contributed by atoms with Crippen LogP contribution in [0.25, 0.3) is 0 Å². The number of Topliss-reactive ketones (excluding diaryl/α,β-unsaturated/α-hetero) is 1. The second kappa shape index (κ2) is 27.8. The minimum absolute atomic E-state index is 0.0371. The van der Waals surface area contributed by atoms with Crippen LogP contribution >= 0.6 is 0 Å². The molecule has 328 valence electrons. The smallest absolute Gasteiger partial charge is 0.347 e. The zero-order valence-electron chi connectivity index (χ0n) is 32.4. The Bertz CT molecular complexity index is 1600. The van der Waals surface area contributed by atoms with Crippen molar-refractivity contribution < 1.29 is 87.0 Å². The van der Waals surface area contributed by atoms with Gasteiger partial charge in [0.05, 0.1) is 19.8 Å². The summed E-state index contributed by atoms with van der Waals surface area (Å²) in [7, 11) is 0. The zero-order chi connectivity index (χ0) is 44.3. The van der Waals surface area contributed by atoms with Crippen molar-refractivity contribution in [2.24, 2.45) is 0 Å². The summed E-state index contributed by atoms with van der Waals surface area (Å²) in [6.07, 6.45) is -1.80. The van der Waals surface area contributed by atoms with E-state index in [9.17, 15) is 63.9 Å². The van der Waals surface area contributed by atoms with Gasteiger partial charge in [-0.25, -0.2) is 19.2 Å². The number of hydrogen-bond acceptors (Lipinski definition) is 21. The molecule has 1 amide bonds. The van der Waals surface area contributed by atoms with Crippen LogP contribution in [0, 0.1) is 30.3 Å². The van der Waals surface area contributed by atoms with Gasteiger partial charge in [-0.15, -0.1) is 30.3 Å². The number of amides is 1.